The molecule has 2 unspecified atom stereocenters. The van der Waals surface area contributed by atoms with Crippen LogP contribution < -0.4 is 9.80 Å². The van der Waals surface area contributed by atoms with Crippen molar-refractivity contribution in [3.05, 3.63) is 60.7 Å². The van der Waals surface area contributed by atoms with Gasteiger partial charge in [-0.15, -0.1) is 0 Å². The Labute approximate surface area is 130 Å². The molecular weight excluding hydrogens is 276 g/mol. The minimum Gasteiger partial charge on any atom is -0.298 e. The standard InChI is InChI=1S/C18H18N2O2/c1-13-17(21)20(16-11-7-4-8-12-16)14(2)18(22)19(13)15-9-5-3-6-10-15/h3-14H,1-2H3. The van der Waals surface area contributed by atoms with E-state index in [0.29, 0.717) is 0 Å². The van der Waals surface area contributed by atoms with Gasteiger partial charge in [0.05, 0.1) is 0 Å². The zero-order valence-corrected chi connectivity index (χ0v) is 12.6. The van der Waals surface area contributed by atoms with Crippen LogP contribution in [0.15, 0.2) is 60.7 Å². The molecule has 1 saturated heterocycles. The van der Waals surface area contributed by atoms with Gasteiger partial charge in [-0.2, -0.15) is 0 Å². The number of para-hydroxylation sites is 2. The molecule has 1 aliphatic rings. The van der Waals surface area contributed by atoms with Crippen LogP contribution in [-0.4, -0.2) is 23.9 Å². The molecule has 1 aliphatic heterocycles. The van der Waals surface area contributed by atoms with Gasteiger partial charge in [-0.1, -0.05) is 36.4 Å². The minimum absolute atomic E-state index is 0.0675. The van der Waals surface area contributed by atoms with Gasteiger partial charge in [-0.25, -0.2) is 0 Å². The highest BCUT2D eigenvalue weighted by atomic mass is 16.2. The molecule has 3 rings (SSSR count). The van der Waals surface area contributed by atoms with Crippen LogP contribution in [0.2, 0.25) is 0 Å². The quantitative estimate of drug-likeness (QED) is 0.854. The molecule has 2 amide bonds. The summed E-state index contributed by atoms with van der Waals surface area (Å²) in [6.07, 6.45) is 0. The summed E-state index contributed by atoms with van der Waals surface area (Å²) in [5.41, 5.74) is 1.51. The van der Waals surface area contributed by atoms with Crippen molar-refractivity contribution in [2.75, 3.05) is 9.80 Å². The number of anilines is 2. The lowest BCUT2D eigenvalue weighted by molar-refractivity contribution is -0.130. The van der Waals surface area contributed by atoms with Crippen molar-refractivity contribution in [3.63, 3.8) is 0 Å². The fraction of sp³-hybridized carbons (Fsp3) is 0.222. The highest BCUT2D eigenvalue weighted by Crippen LogP contribution is 2.28. The number of hydrogen-bond donors (Lipinski definition) is 0. The summed E-state index contributed by atoms with van der Waals surface area (Å²) in [7, 11) is 0. The molecule has 0 radical (unpaired) electrons. The molecule has 0 spiro atoms. The molecule has 22 heavy (non-hydrogen) atoms. The van der Waals surface area contributed by atoms with E-state index in [1.165, 1.54) is 0 Å². The van der Waals surface area contributed by atoms with Gasteiger partial charge >= 0.3 is 0 Å². The van der Waals surface area contributed by atoms with Crippen molar-refractivity contribution >= 4 is 23.2 Å². The van der Waals surface area contributed by atoms with E-state index in [2.05, 4.69) is 0 Å². The molecule has 0 N–H and O–H groups in total. The first-order valence-corrected chi connectivity index (χ1v) is 7.37. The third-order valence-corrected chi connectivity index (χ3v) is 4.03. The van der Waals surface area contributed by atoms with Crippen LogP contribution >= 0.6 is 0 Å². The molecule has 2 atom stereocenters. The highest BCUT2D eigenvalue weighted by molar-refractivity contribution is 6.15. The summed E-state index contributed by atoms with van der Waals surface area (Å²) in [4.78, 5) is 28.8. The average molecular weight is 294 g/mol. The van der Waals surface area contributed by atoms with Crippen molar-refractivity contribution in [2.24, 2.45) is 0 Å². The normalized spacial score (nSPS) is 22.1. The predicted molar refractivity (Wildman–Crippen MR) is 86.8 cm³/mol. The van der Waals surface area contributed by atoms with Crippen molar-refractivity contribution < 1.29 is 9.59 Å². The maximum absolute atomic E-state index is 12.8. The first-order valence-electron chi connectivity index (χ1n) is 7.37. The first kappa shape index (κ1) is 14.3. The van der Waals surface area contributed by atoms with E-state index in [0.717, 1.165) is 11.4 Å². The molecule has 2 aromatic rings. The maximum atomic E-state index is 12.8. The second-order valence-corrected chi connectivity index (χ2v) is 5.44. The van der Waals surface area contributed by atoms with Crippen LogP contribution in [0.4, 0.5) is 11.4 Å². The van der Waals surface area contributed by atoms with Gasteiger partial charge in [0, 0.05) is 11.4 Å². The molecule has 0 aliphatic carbocycles. The molecule has 1 fully saturated rings. The molecule has 4 nitrogen and oxygen atoms in total. The zero-order valence-electron chi connectivity index (χ0n) is 12.6. The summed E-state index contributed by atoms with van der Waals surface area (Å²) in [6.45, 7) is 3.55. The molecule has 2 aromatic carbocycles. The zero-order chi connectivity index (χ0) is 15.7. The van der Waals surface area contributed by atoms with Crippen LogP contribution in [-0.2, 0) is 9.59 Å². The summed E-state index contributed by atoms with van der Waals surface area (Å²) in [5, 5.41) is 0. The van der Waals surface area contributed by atoms with Crippen LogP contribution in [0.3, 0.4) is 0 Å². The fourth-order valence-corrected chi connectivity index (χ4v) is 2.88. The number of piperazine rings is 1. The van der Waals surface area contributed by atoms with E-state index < -0.39 is 12.1 Å². The molecule has 112 valence electrons. The SMILES string of the molecule is CC1C(=O)N(c2ccccc2)C(C)C(=O)N1c1ccccc1. The monoisotopic (exact) mass is 294 g/mol. The van der Waals surface area contributed by atoms with E-state index in [1.54, 1.807) is 23.6 Å². The van der Waals surface area contributed by atoms with E-state index in [4.69, 9.17) is 0 Å². The summed E-state index contributed by atoms with van der Waals surface area (Å²) in [5.74, 6) is -0.135. The lowest BCUT2D eigenvalue weighted by atomic mass is 10.0. The summed E-state index contributed by atoms with van der Waals surface area (Å²) in [6, 6.07) is 17.6. The summed E-state index contributed by atoms with van der Waals surface area (Å²) < 4.78 is 0. The van der Waals surface area contributed by atoms with Crippen LogP contribution in [0.1, 0.15) is 13.8 Å². The van der Waals surface area contributed by atoms with Crippen molar-refractivity contribution in [3.8, 4) is 0 Å². The Morgan fingerprint density at radius 2 is 0.955 bits per heavy atom. The van der Waals surface area contributed by atoms with Gasteiger partial charge in [0.25, 0.3) is 11.8 Å². The van der Waals surface area contributed by atoms with Gasteiger partial charge in [0.1, 0.15) is 12.1 Å². The molecule has 4 heteroatoms. The Hall–Kier alpha value is -2.62. The number of rotatable bonds is 2. The van der Waals surface area contributed by atoms with E-state index >= 15 is 0 Å². The minimum atomic E-state index is -0.522. The van der Waals surface area contributed by atoms with Crippen molar-refractivity contribution in [1.29, 1.82) is 0 Å². The molecule has 0 bridgehead atoms. The number of carbonyl (C=O) groups is 2. The van der Waals surface area contributed by atoms with Gasteiger partial charge < -0.3 is 0 Å². The number of amides is 2. The van der Waals surface area contributed by atoms with Gasteiger partial charge in [-0.05, 0) is 38.1 Å². The van der Waals surface area contributed by atoms with E-state index in [9.17, 15) is 9.59 Å². The molecular formula is C18H18N2O2. The van der Waals surface area contributed by atoms with Crippen molar-refractivity contribution in [1.82, 2.24) is 0 Å². The molecule has 0 aromatic heterocycles. The van der Waals surface area contributed by atoms with Crippen LogP contribution in [0.5, 0.6) is 0 Å². The third kappa shape index (κ3) is 2.26. The Balaban J connectivity index is 1.99. The number of nitrogens with zero attached hydrogens (tertiary/aromatic N) is 2. The van der Waals surface area contributed by atoms with Gasteiger partial charge in [0.2, 0.25) is 0 Å². The Bertz CT molecular complexity index is 623. The van der Waals surface area contributed by atoms with Crippen LogP contribution in [0.25, 0.3) is 0 Å². The third-order valence-electron chi connectivity index (χ3n) is 4.03. The molecule has 0 saturated carbocycles. The summed E-state index contributed by atoms with van der Waals surface area (Å²) >= 11 is 0. The second-order valence-electron chi connectivity index (χ2n) is 5.44. The largest absolute Gasteiger partial charge is 0.298 e. The molecule has 1 heterocycles. The number of benzene rings is 2. The Morgan fingerprint density at radius 3 is 1.27 bits per heavy atom. The Morgan fingerprint density at radius 1 is 0.636 bits per heavy atom. The van der Waals surface area contributed by atoms with Gasteiger partial charge in [0.15, 0.2) is 0 Å². The first-order chi connectivity index (χ1) is 10.6. The Kier molecular flexibility index (Phi) is 3.67. The fourth-order valence-electron chi connectivity index (χ4n) is 2.88. The number of hydrogen-bond acceptors (Lipinski definition) is 2. The van der Waals surface area contributed by atoms with Crippen molar-refractivity contribution in [2.45, 2.75) is 25.9 Å². The smallest absolute Gasteiger partial charge is 0.250 e. The van der Waals surface area contributed by atoms with E-state index in [-0.39, 0.29) is 11.8 Å². The second kappa shape index (κ2) is 5.64. The van der Waals surface area contributed by atoms with Crippen LogP contribution in [0, 0.1) is 0 Å². The average Bonchev–Trinajstić information content (AvgIpc) is 2.55. The predicted octanol–water partition coefficient (Wildman–Crippen LogP) is 2.84. The highest BCUT2D eigenvalue weighted by Gasteiger charge is 2.42. The number of carbonyl (C=O) groups excluding carboxylic acids is 2. The van der Waals surface area contributed by atoms with E-state index in [1.807, 2.05) is 60.7 Å². The lowest BCUT2D eigenvalue weighted by Gasteiger charge is -2.42. The van der Waals surface area contributed by atoms with Gasteiger partial charge in [-0.3, -0.25) is 19.4 Å². The topological polar surface area (TPSA) is 40.6 Å². The maximum Gasteiger partial charge on any atom is 0.250 e. The lowest BCUT2D eigenvalue weighted by Crippen LogP contribution is -2.63.